The summed E-state index contributed by atoms with van der Waals surface area (Å²) in [6, 6.07) is 16.7. The highest BCUT2D eigenvalue weighted by Crippen LogP contribution is 2.24. The topological polar surface area (TPSA) is 216 Å². The second-order valence-electron chi connectivity index (χ2n) is 17.1. The first kappa shape index (κ1) is 41.8. The molecule has 2 aromatic carbocycles. The zero-order valence-electron chi connectivity index (χ0n) is 34.8. The molecule has 2 amide bonds. The van der Waals surface area contributed by atoms with Crippen molar-refractivity contribution in [1.82, 2.24) is 59.7 Å². The van der Waals surface area contributed by atoms with Crippen LogP contribution in [0.5, 0.6) is 0 Å². The number of H-pyrrole nitrogens is 1. The molecule has 6 heterocycles. The number of fused-ring (bicyclic) bond motifs is 4. The molecule has 5 N–H and O–H groups in total. The number of aromatic amines is 1. The third kappa shape index (κ3) is 9.11. The Morgan fingerprint density at radius 1 is 0.750 bits per heavy atom. The van der Waals surface area contributed by atoms with Crippen LogP contribution in [0.3, 0.4) is 0 Å². The maximum Gasteiger partial charge on any atom is 0.255 e. The van der Waals surface area contributed by atoms with Crippen LogP contribution in [0.2, 0.25) is 25.7 Å². The minimum Gasteiger partial charge on any atom is -0.394 e. The Morgan fingerprint density at radius 3 is 1.85 bits per heavy atom. The Bertz CT molecular complexity index is 2810. The summed E-state index contributed by atoms with van der Waals surface area (Å²) in [5.74, 6) is 0.379. The number of ether oxygens (including phenoxy) is 1. The van der Waals surface area contributed by atoms with E-state index in [0.29, 0.717) is 51.7 Å². The molecule has 0 aliphatic carbocycles. The van der Waals surface area contributed by atoms with E-state index >= 15 is 0 Å². The third-order valence-electron chi connectivity index (χ3n) is 9.72. The second kappa shape index (κ2) is 16.7. The van der Waals surface area contributed by atoms with E-state index in [-0.39, 0.29) is 31.8 Å². The molecule has 0 saturated heterocycles. The molecule has 18 heteroatoms. The van der Waals surface area contributed by atoms with Crippen molar-refractivity contribution in [1.29, 1.82) is 0 Å². The Kier molecular flexibility index (Phi) is 11.7. The van der Waals surface area contributed by atoms with Gasteiger partial charge in [0, 0.05) is 37.8 Å². The lowest BCUT2D eigenvalue weighted by Gasteiger charge is -2.23. The van der Waals surface area contributed by atoms with Gasteiger partial charge in [0.2, 0.25) is 0 Å². The van der Waals surface area contributed by atoms with E-state index in [1.54, 1.807) is 78.8 Å². The standard InChI is InChI=1S/C24H32N6O3Si.C18H18N6O2/c1-24(2,15-31)28-23(32)18-14-29(16-33-10-11-34(3,4)5)22-21(18)27-20(13-25-22)30-19-9-7-6-8-17(19)12-26-30;1-18(2,10-25)23-17(26)12-8-19-16-15(12)22-14(9-20-16)24-13-6-4-3-5-11(13)7-21-24/h6-9,12-14,31H,10-11,15-16H2,1-5H3,(H,28,32);3-9,25H,10H2,1-2H3,(H,19,20)(H,23,26). The molecule has 0 aliphatic rings. The van der Waals surface area contributed by atoms with Gasteiger partial charge in [0.25, 0.3) is 11.8 Å². The fraction of sp³-hybridized carbons (Fsp3) is 0.333. The molecular weight excluding hydrogens is 781 g/mol. The van der Waals surface area contributed by atoms with Gasteiger partial charge in [-0.05, 0) is 45.9 Å². The van der Waals surface area contributed by atoms with E-state index in [2.05, 4.69) is 60.4 Å². The molecule has 0 bridgehead atoms. The van der Waals surface area contributed by atoms with E-state index in [9.17, 15) is 19.8 Å². The molecular formula is C42H50N12O5Si. The summed E-state index contributed by atoms with van der Waals surface area (Å²) in [5.41, 5.74) is 3.01. The third-order valence-corrected chi connectivity index (χ3v) is 11.4. The van der Waals surface area contributed by atoms with Gasteiger partial charge in [-0.25, -0.2) is 29.3 Å². The van der Waals surface area contributed by atoms with Gasteiger partial charge >= 0.3 is 0 Å². The Morgan fingerprint density at radius 2 is 1.28 bits per heavy atom. The van der Waals surface area contributed by atoms with E-state index in [0.717, 1.165) is 27.8 Å². The molecule has 0 spiro atoms. The van der Waals surface area contributed by atoms with E-state index < -0.39 is 19.2 Å². The van der Waals surface area contributed by atoms with Crippen LogP contribution in [0.25, 0.3) is 55.8 Å². The summed E-state index contributed by atoms with van der Waals surface area (Å²) >= 11 is 0. The van der Waals surface area contributed by atoms with Crippen LogP contribution in [0.1, 0.15) is 48.4 Å². The number of aromatic nitrogens is 10. The largest absolute Gasteiger partial charge is 0.394 e. The summed E-state index contributed by atoms with van der Waals surface area (Å²) < 4.78 is 11.1. The number of para-hydroxylation sites is 2. The normalized spacial score (nSPS) is 12.3. The highest BCUT2D eigenvalue weighted by Gasteiger charge is 2.26. The first-order chi connectivity index (χ1) is 28.6. The van der Waals surface area contributed by atoms with Crippen LogP contribution in [0.15, 0.2) is 85.7 Å². The maximum atomic E-state index is 13.2. The SMILES string of the molecule is CC(C)(CO)NC(=O)c1c[nH]c2ncc(-n3ncc4ccccc43)nc12.CC(C)(CO)NC(=O)c1cn(COCC[Si](C)(C)C)c2ncc(-n3ncc4ccccc43)nc12. The van der Waals surface area contributed by atoms with Crippen LogP contribution in [0.4, 0.5) is 0 Å². The van der Waals surface area contributed by atoms with Crippen LogP contribution in [0, 0.1) is 0 Å². The summed E-state index contributed by atoms with van der Waals surface area (Å²) in [6.07, 6.45) is 10.1. The average molecular weight is 831 g/mol. The lowest BCUT2D eigenvalue weighted by atomic mass is 10.1. The van der Waals surface area contributed by atoms with Crippen LogP contribution in [-0.2, 0) is 11.5 Å². The highest BCUT2D eigenvalue weighted by atomic mass is 28.3. The molecule has 0 atom stereocenters. The zero-order valence-corrected chi connectivity index (χ0v) is 35.8. The monoisotopic (exact) mass is 830 g/mol. The second-order valence-corrected chi connectivity index (χ2v) is 22.7. The smallest absolute Gasteiger partial charge is 0.255 e. The minimum atomic E-state index is -1.21. The predicted molar refractivity (Wildman–Crippen MR) is 232 cm³/mol. The first-order valence-corrected chi connectivity index (χ1v) is 23.3. The molecule has 312 valence electrons. The van der Waals surface area contributed by atoms with Crippen molar-refractivity contribution in [3.05, 3.63) is 96.8 Å². The number of aliphatic hydroxyl groups is 2. The number of carbonyl (C=O) groups excluding carboxylic acids is 2. The molecule has 8 aromatic rings. The first-order valence-electron chi connectivity index (χ1n) is 19.6. The molecule has 60 heavy (non-hydrogen) atoms. The van der Waals surface area contributed by atoms with Gasteiger partial charge in [-0.15, -0.1) is 0 Å². The van der Waals surface area contributed by atoms with Gasteiger partial charge < -0.3 is 35.1 Å². The van der Waals surface area contributed by atoms with Crippen molar-refractivity contribution in [2.75, 3.05) is 19.8 Å². The molecule has 0 aliphatic heterocycles. The fourth-order valence-electron chi connectivity index (χ4n) is 6.24. The minimum absolute atomic E-state index is 0.169. The van der Waals surface area contributed by atoms with Crippen molar-refractivity contribution in [2.45, 2.75) is 71.2 Å². The lowest BCUT2D eigenvalue weighted by molar-refractivity contribution is 0.0855. The van der Waals surface area contributed by atoms with Crippen LogP contribution < -0.4 is 10.6 Å². The molecule has 0 unspecified atom stereocenters. The van der Waals surface area contributed by atoms with Crippen molar-refractivity contribution in [2.24, 2.45) is 0 Å². The van der Waals surface area contributed by atoms with Gasteiger partial charge in [-0.2, -0.15) is 10.2 Å². The number of benzene rings is 2. The zero-order chi connectivity index (χ0) is 42.8. The molecule has 17 nitrogen and oxygen atoms in total. The lowest BCUT2D eigenvalue weighted by Crippen LogP contribution is -2.46. The molecule has 0 saturated carbocycles. The quantitative estimate of drug-likeness (QED) is 0.0735. The van der Waals surface area contributed by atoms with E-state index in [1.165, 1.54) is 0 Å². The Balaban J connectivity index is 0.000000188. The van der Waals surface area contributed by atoms with Crippen LogP contribution in [-0.4, -0.2) is 110 Å². The van der Waals surface area contributed by atoms with Crippen LogP contribution >= 0.6 is 0 Å². The van der Waals surface area contributed by atoms with Crippen molar-refractivity contribution >= 4 is 64.0 Å². The summed E-state index contributed by atoms with van der Waals surface area (Å²) in [5, 5.41) is 35.4. The van der Waals surface area contributed by atoms with Gasteiger partial charge in [0.15, 0.2) is 22.9 Å². The van der Waals surface area contributed by atoms with E-state index in [4.69, 9.17) is 9.72 Å². The fourth-order valence-corrected chi connectivity index (χ4v) is 7.00. The van der Waals surface area contributed by atoms with Crippen molar-refractivity contribution in [3.63, 3.8) is 0 Å². The van der Waals surface area contributed by atoms with Gasteiger partial charge in [0.1, 0.15) is 17.8 Å². The number of hydrogen-bond donors (Lipinski definition) is 5. The van der Waals surface area contributed by atoms with Gasteiger partial charge in [0.05, 0.1) is 71.2 Å². The average Bonchev–Trinajstić information content (AvgIpc) is 4.02. The number of hydrogen-bond acceptors (Lipinski definition) is 11. The molecule has 0 radical (unpaired) electrons. The Hall–Kier alpha value is -6.34. The molecule has 0 fully saturated rings. The maximum absolute atomic E-state index is 13.2. The molecule has 6 aromatic heterocycles. The number of amides is 2. The van der Waals surface area contributed by atoms with Crippen molar-refractivity contribution in [3.8, 4) is 11.6 Å². The number of nitrogens with one attached hydrogen (secondary N) is 3. The number of carbonyl (C=O) groups is 2. The summed E-state index contributed by atoms with van der Waals surface area (Å²) in [4.78, 5) is 47.0. The highest BCUT2D eigenvalue weighted by molar-refractivity contribution is 6.76. The number of rotatable bonds is 13. The van der Waals surface area contributed by atoms with Crippen molar-refractivity contribution < 1.29 is 24.5 Å². The number of nitrogens with zero attached hydrogens (tertiary/aromatic N) is 9. The van der Waals surface area contributed by atoms with Gasteiger partial charge in [-0.1, -0.05) is 56.0 Å². The molecule has 8 rings (SSSR count). The number of aliphatic hydroxyl groups excluding tert-OH is 2. The predicted octanol–water partition coefficient (Wildman–Crippen LogP) is 5.38. The Labute approximate surface area is 346 Å². The van der Waals surface area contributed by atoms with E-state index in [1.807, 2.05) is 48.5 Å². The summed E-state index contributed by atoms with van der Waals surface area (Å²) in [7, 11) is -1.21. The summed E-state index contributed by atoms with van der Waals surface area (Å²) in [6.45, 7) is 14.5. The van der Waals surface area contributed by atoms with Gasteiger partial charge in [-0.3, -0.25) is 9.59 Å².